The van der Waals surface area contributed by atoms with Gasteiger partial charge in [0.15, 0.2) is 0 Å². The highest BCUT2D eigenvalue weighted by molar-refractivity contribution is 4.82. The van der Waals surface area contributed by atoms with Crippen LogP contribution in [0, 0.1) is 6.42 Å². The van der Waals surface area contributed by atoms with Gasteiger partial charge in [0.25, 0.3) is 0 Å². The molecule has 0 aromatic carbocycles. The third-order valence-corrected chi connectivity index (χ3v) is 1.70. The quantitative estimate of drug-likeness (QED) is 0.614. The van der Waals surface area contributed by atoms with Gasteiger partial charge in [0.2, 0.25) is 0 Å². The van der Waals surface area contributed by atoms with Crippen LogP contribution in [0.1, 0.15) is 19.3 Å². The Morgan fingerprint density at radius 3 is 2.50 bits per heavy atom. The highest BCUT2D eigenvalue weighted by atomic mass is 19.3. The van der Waals surface area contributed by atoms with E-state index in [-0.39, 0.29) is 0 Å². The fourth-order valence-corrected chi connectivity index (χ4v) is 1.11. The largest absolute Gasteiger partial charge is 0.416 e. The topological polar surface area (TPSA) is 9.23 Å². The maximum Gasteiger partial charge on any atom is 0.416 e. The first-order valence-corrected chi connectivity index (χ1v) is 3.68. The molecule has 1 rings (SSSR count). The van der Waals surface area contributed by atoms with Gasteiger partial charge in [0.05, 0.1) is 6.10 Å². The second-order valence-corrected chi connectivity index (χ2v) is 2.70. The number of hydrogen-bond donors (Lipinski definition) is 0. The minimum absolute atomic E-state index is 0.336. The summed E-state index contributed by atoms with van der Waals surface area (Å²) in [5.74, 6) is 0. The minimum atomic E-state index is -4.29. The SMILES string of the molecule is FC(F)C(F)(F)OC1C[CH]CC1. The van der Waals surface area contributed by atoms with Gasteiger partial charge in [-0.15, -0.1) is 0 Å². The molecule has 1 unspecified atom stereocenters. The van der Waals surface area contributed by atoms with Crippen LogP contribution in [0.2, 0.25) is 0 Å². The van der Waals surface area contributed by atoms with Crippen molar-refractivity contribution in [3.63, 3.8) is 0 Å². The van der Waals surface area contributed by atoms with E-state index in [1.807, 2.05) is 0 Å². The molecule has 71 valence electrons. The van der Waals surface area contributed by atoms with E-state index >= 15 is 0 Å². The number of ether oxygens (including phenoxy) is 1. The van der Waals surface area contributed by atoms with Crippen molar-refractivity contribution in [1.29, 1.82) is 0 Å². The molecular weight excluding hydrogens is 176 g/mol. The summed E-state index contributed by atoms with van der Waals surface area (Å²) >= 11 is 0. The molecule has 0 spiro atoms. The first-order chi connectivity index (χ1) is 5.52. The summed E-state index contributed by atoms with van der Waals surface area (Å²) in [4.78, 5) is 0. The van der Waals surface area contributed by atoms with E-state index in [4.69, 9.17) is 0 Å². The van der Waals surface area contributed by atoms with Crippen molar-refractivity contribution in [2.45, 2.75) is 37.9 Å². The van der Waals surface area contributed by atoms with Gasteiger partial charge in [0.1, 0.15) is 0 Å². The zero-order valence-corrected chi connectivity index (χ0v) is 6.27. The van der Waals surface area contributed by atoms with Crippen LogP contribution in [0.4, 0.5) is 17.6 Å². The molecule has 1 atom stereocenters. The van der Waals surface area contributed by atoms with E-state index in [0.29, 0.717) is 19.3 Å². The summed E-state index contributed by atoms with van der Waals surface area (Å²) in [6.45, 7) is 0. The smallest absolute Gasteiger partial charge is 0.313 e. The van der Waals surface area contributed by atoms with E-state index in [1.165, 1.54) is 0 Å². The number of rotatable bonds is 3. The van der Waals surface area contributed by atoms with Crippen molar-refractivity contribution in [3.8, 4) is 0 Å². The Labute approximate surface area is 67.7 Å². The average Bonchev–Trinajstić information content (AvgIpc) is 2.38. The highest BCUT2D eigenvalue weighted by Crippen LogP contribution is 2.31. The fourth-order valence-electron chi connectivity index (χ4n) is 1.11. The van der Waals surface area contributed by atoms with Gasteiger partial charge >= 0.3 is 12.5 Å². The normalized spacial score (nSPS) is 20.8. The zero-order valence-electron chi connectivity index (χ0n) is 6.27. The molecule has 1 aliphatic carbocycles. The third-order valence-electron chi connectivity index (χ3n) is 1.70. The number of alkyl halides is 4. The minimum Gasteiger partial charge on any atom is -0.313 e. The third kappa shape index (κ3) is 2.33. The Kier molecular flexibility index (Phi) is 2.93. The molecule has 12 heavy (non-hydrogen) atoms. The van der Waals surface area contributed by atoms with E-state index in [0.717, 1.165) is 0 Å². The Bertz CT molecular complexity index is 142. The van der Waals surface area contributed by atoms with E-state index in [2.05, 4.69) is 4.74 Å². The molecule has 1 saturated carbocycles. The van der Waals surface area contributed by atoms with Crippen molar-refractivity contribution in [1.82, 2.24) is 0 Å². The summed E-state index contributed by atoms with van der Waals surface area (Å²) in [6.07, 6.45) is -5.61. The van der Waals surface area contributed by atoms with E-state index in [1.54, 1.807) is 6.42 Å². The highest BCUT2D eigenvalue weighted by Gasteiger charge is 2.44. The lowest BCUT2D eigenvalue weighted by Crippen LogP contribution is -2.33. The molecule has 0 bridgehead atoms. The average molecular weight is 185 g/mol. The molecule has 0 saturated heterocycles. The van der Waals surface area contributed by atoms with Crippen molar-refractivity contribution in [2.24, 2.45) is 0 Å². The Morgan fingerprint density at radius 1 is 1.42 bits per heavy atom. The second kappa shape index (κ2) is 3.60. The first kappa shape index (κ1) is 9.77. The molecule has 0 aliphatic heterocycles. The summed E-state index contributed by atoms with van der Waals surface area (Å²) < 4.78 is 51.5. The van der Waals surface area contributed by atoms with Gasteiger partial charge in [-0.2, -0.15) is 8.78 Å². The van der Waals surface area contributed by atoms with Crippen LogP contribution in [0.5, 0.6) is 0 Å². The van der Waals surface area contributed by atoms with Crippen molar-refractivity contribution >= 4 is 0 Å². The zero-order chi connectivity index (χ0) is 9.19. The van der Waals surface area contributed by atoms with Crippen LogP contribution >= 0.6 is 0 Å². The molecule has 1 nitrogen and oxygen atoms in total. The molecule has 1 fully saturated rings. The first-order valence-electron chi connectivity index (χ1n) is 3.68. The number of halogens is 4. The number of hydrogen-bond acceptors (Lipinski definition) is 1. The van der Waals surface area contributed by atoms with Gasteiger partial charge in [0, 0.05) is 0 Å². The monoisotopic (exact) mass is 185 g/mol. The second-order valence-electron chi connectivity index (χ2n) is 2.70. The lowest BCUT2D eigenvalue weighted by Gasteiger charge is -2.19. The molecule has 5 heteroatoms. The van der Waals surface area contributed by atoms with Gasteiger partial charge in [-0.05, 0) is 25.7 Å². The van der Waals surface area contributed by atoms with Crippen LogP contribution in [0.3, 0.4) is 0 Å². The standard InChI is InChI=1S/C7H9F4O/c8-6(9)7(10,11)12-5-3-1-2-4-5/h1,5-6H,2-4H2. The molecule has 0 heterocycles. The Balaban J connectivity index is 2.37. The van der Waals surface area contributed by atoms with Crippen LogP contribution in [-0.2, 0) is 4.74 Å². The Morgan fingerprint density at radius 2 is 2.08 bits per heavy atom. The Hall–Kier alpha value is -0.320. The van der Waals surface area contributed by atoms with Crippen LogP contribution < -0.4 is 0 Å². The predicted octanol–water partition coefficient (Wildman–Crippen LogP) is 2.62. The summed E-state index contributed by atoms with van der Waals surface area (Å²) in [5.41, 5.74) is 0. The fraction of sp³-hybridized carbons (Fsp3) is 0.857. The van der Waals surface area contributed by atoms with Gasteiger partial charge in [-0.1, -0.05) is 0 Å². The lowest BCUT2D eigenvalue weighted by molar-refractivity contribution is -0.316. The summed E-state index contributed by atoms with van der Waals surface area (Å²) in [6, 6.07) is 0. The van der Waals surface area contributed by atoms with Crippen molar-refractivity contribution < 1.29 is 22.3 Å². The maximum atomic E-state index is 12.2. The van der Waals surface area contributed by atoms with E-state index in [9.17, 15) is 17.6 Å². The van der Waals surface area contributed by atoms with Crippen molar-refractivity contribution in [2.75, 3.05) is 0 Å². The van der Waals surface area contributed by atoms with Crippen molar-refractivity contribution in [3.05, 3.63) is 6.42 Å². The maximum absolute atomic E-state index is 12.2. The lowest BCUT2D eigenvalue weighted by atomic mass is 10.3. The molecular formula is C7H9F4O. The molecule has 0 aromatic rings. The van der Waals surface area contributed by atoms with Crippen LogP contribution in [0.15, 0.2) is 0 Å². The molecule has 0 N–H and O–H groups in total. The molecule has 0 aromatic heterocycles. The molecule has 1 aliphatic rings. The van der Waals surface area contributed by atoms with Crippen LogP contribution in [0.25, 0.3) is 0 Å². The predicted molar refractivity (Wildman–Crippen MR) is 34.0 cm³/mol. The van der Waals surface area contributed by atoms with Crippen LogP contribution in [-0.4, -0.2) is 18.6 Å². The molecule has 0 amide bonds. The summed E-state index contributed by atoms with van der Waals surface area (Å²) in [5, 5.41) is 0. The van der Waals surface area contributed by atoms with Gasteiger partial charge in [-0.3, -0.25) is 0 Å². The summed E-state index contributed by atoms with van der Waals surface area (Å²) in [7, 11) is 0. The molecule has 1 radical (unpaired) electrons. The van der Waals surface area contributed by atoms with E-state index < -0.39 is 18.6 Å². The van der Waals surface area contributed by atoms with Gasteiger partial charge in [-0.25, -0.2) is 8.78 Å². The van der Waals surface area contributed by atoms with Gasteiger partial charge < -0.3 is 4.74 Å².